The van der Waals surface area contributed by atoms with Gasteiger partial charge in [-0.25, -0.2) is 4.79 Å². The second-order valence-corrected chi connectivity index (χ2v) is 3.82. The number of carboxylic acid groups (broad SMARTS) is 2. The van der Waals surface area contributed by atoms with Gasteiger partial charge in [-0.3, -0.25) is 9.59 Å². The number of carboxylic acids is 2. The smallest absolute Gasteiger partial charge is 0.326 e. The third-order valence-electron chi connectivity index (χ3n) is 2.26. The molecule has 18 heavy (non-hydrogen) atoms. The summed E-state index contributed by atoms with van der Waals surface area (Å²) in [6.45, 7) is 3.42. The van der Waals surface area contributed by atoms with Crippen LogP contribution in [0.4, 0.5) is 0 Å². The lowest BCUT2D eigenvalue weighted by Crippen LogP contribution is -2.48. The van der Waals surface area contributed by atoms with Gasteiger partial charge in [0.2, 0.25) is 5.91 Å². The lowest BCUT2D eigenvalue weighted by atomic mass is 10.1. The van der Waals surface area contributed by atoms with Gasteiger partial charge in [0.05, 0.1) is 6.04 Å². The molecule has 0 fully saturated rings. The molecule has 0 aromatic rings. The molecule has 0 rings (SSSR count). The molecule has 0 aliphatic carbocycles. The first kappa shape index (κ1) is 16.1. The largest absolute Gasteiger partial charge is 0.481 e. The number of rotatable bonds is 9. The fraction of sp³-hybridized carbons (Fsp3) is 0.545. The molecule has 0 saturated heterocycles. The van der Waals surface area contributed by atoms with Crippen LogP contribution in [0.1, 0.15) is 25.7 Å². The minimum absolute atomic E-state index is 0.0498. The summed E-state index contributed by atoms with van der Waals surface area (Å²) in [6, 6.07) is -1.96. The molecule has 0 radical (unpaired) electrons. The lowest BCUT2D eigenvalue weighted by molar-refractivity contribution is -0.142. The number of carbonyl (C=O) groups is 3. The van der Waals surface area contributed by atoms with E-state index in [2.05, 4.69) is 11.9 Å². The molecule has 102 valence electrons. The second kappa shape index (κ2) is 8.24. The SMILES string of the molecule is C=CCC(N)C(=O)N[C@H](CCCC(=O)O)C(=O)O. The Morgan fingerprint density at radius 2 is 1.94 bits per heavy atom. The van der Waals surface area contributed by atoms with Gasteiger partial charge in [-0.15, -0.1) is 6.58 Å². The third-order valence-corrected chi connectivity index (χ3v) is 2.26. The van der Waals surface area contributed by atoms with Gasteiger partial charge in [-0.2, -0.15) is 0 Å². The highest BCUT2D eigenvalue weighted by molar-refractivity contribution is 5.86. The number of aliphatic carboxylic acids is 2. The molecule has 0 spiro atoms. The quantitative estimate of drug-likeness (QED) is 0.421. The van der Waals surface area contributed by atoms with Crippen LogP contribution in [0.25, 0.3) is 0 Å². The molecule has 0 saturated carbocycles. The van der Waals surface area contributed by atoms with Crippen molar-refractivity contribution in [2.24, 2.45) is 5.73 Å². The first-order chi connectivity index (χ1) is 8.38. The molecule has 0 aromatic heterocycles. The Balaban J connectivity index is 4.26. The highest BCUT2D eigenvalue weighted by atomic mass is 16.4. The second-order valence-electron chi connectivity index (χ2n) is 3.82. The van der Waals surface area contributed by atoms with Crippen molar-refractivity contribution in [1.29, 1.82) is 0 Å². The van der Waals surface area contributed by atoms with Crippen LogP contribution in [0.15, 0.2) is 12.7 Å². The Hall–Kier alpha value is -1.89. The van der Waals surface area contributed by atoms with Gasteiger partial charge in [0, 0.05) is 6.42 Å². The van der Waals surface area contributed by atoms with E-state index in [0.717, 1.165) is 0 Å². The zero-order valence-electron chi connectivity index (χ0n) is 9.96. The molecular formula is C11H18N2O5. The summed E-state index contributed by atoms with van der Waals surface area (Å²) in [5.41, 5.74) is 5.48. The maximum absolute atomic E-state index is 11.5. The van der Waals surface area contributed by atoms with Gasteiger partial charge < -0.3 is 21.3 Å². The summed E-state index contributed by atoms with van der Waals surface area (Å²) in [5, 5.41) is 19.6. The minimum Gasteiger partial charge on any atom is -0.481 e. The summed E-state index contributed by atoms with van der Waals surface area (Å²) >= 11 is 0. The van der Waals surface area contributed by atoms with Gasteiger partial charge in [-0.05, 0) is 19.3 Å². The number of amides is 1. The fourth-order valence-corrected chi connectivity index (χ4v) is 1.28. The average molecular weight is 258 g/mol. The van der Waals surface area contributed by atoms with Gasteiger partial charge in [0.15, 0.2) is 0 Å². The number of carbonyl (C=O) groups excluding carboxylic acids is 1. The topological polar surface area (TPSA) is 130 Å². The van der Waals surface area contributed by atoms with Crippen molar-refractivity contribution in [2.75, 3.05) is 0 Å². The molecule has 7 heteroatoms. The number of nitrogens with two attached hydrogens (primary N) is 1. The van der Waals surface area contributed by atoms with Crippen LogP contribution >= 0.6 is 0 Å². The van der Waals surface area contributed by atoms with E-state index in [9.17, 15) is 14.4 Å². The van der Waals surface area contributed by atoms with Crippen molar-refractivity contribution in [1.82, 2.24) is 5.32 Å². The molecule has 2 atom stereocenters. The first-order valence-electron chi connectivity index (χ1n) is 5.50. The first-order valence-corrected chi connectivity index (χ1v) is 5.50. The van der Waals surface area contributed by atoms with E-state index in [1.165, 1.54) is 6.08 Å². The molecule has 7 nitrogen and oxygen atoms in total. The van der Waals surface area contributed by atoms with Crippen LogP contribution in [-0.4, -0.2) is 40.1 Å². The fourth-order valence-electron chi connectivity index (χ4n) is 1.28. The molecule has 0 aliphatic heterocycles. The average Bonchev–Trinajstić information content (AvgIpc) is 2.27. The standard InChI is InChI=1S/C11H18N2O5/c1-2-4-7(12)10(16)13-8(11(17)18)5-3-6-9(14)15/h2,7-8H,1,3-6,12H2,(H,13,16)(H,14,15)(H,17,18)/t7?,8-/m1/s1. The summed E-state index contributed by atoms with van der Waals surface area (Å²) in [5.74, 6) is -2.80. The highest BCUT2D eigenvalue weighted by Gasteiger charge is 2.22. The van der Waals surface area contributed by atoms with Crippen LogP contribution in [-0.2, 0) is 14.4 Å². The maximum atomic E-state index is 11.5. The van der Waals surface area contributed by atoms with E-state index in [0.29, 0.717) is 0 Å². The molecule has 1 unspecified atom stereocenters. The zero-order chi connectivity index (χ0) is 14.1. The van der Waals surface area contributed by atoms with Crippen LogP contribution in [0.3, 0.4) is 0 Å². The molecule has 1 amide bonds. The van der Waals surface area contributed by atoms with E-state index in [-0.39, 0.29) is 25.7 Å². The van der Waals surface area contributed by atoms with Crippen LogP contribution in [0.2, 0.25) is 0 Å². The van der Waals surface area contributed by atoms with E-state index in [1.807, 2.05) is 0 Å². The summed E-state index contributed by atoms with van der Waals surface area (Å²) < 4.78 is 0. The predicted octanol–water partition coefficient (Wildman–Crippen LogP) is -0.286. The van der Waals surface area contributed by atoms with E-state index >= 15 is 0 Å². The molecule has 0 aromatic carbocycles. The van der Waals surface area contributed by atoms with Crippen LogP contribution in [0.5, 0.6) is 0 Å². The molecule has 5 N–H and O–H groups in total. The van der Waals surface area contributed by atoms with Gasteiger partial charge in [-0.1, -0.05) is 6.08 Å². The molecule has 0 heterocycles. The van der Waals surface area contributed by atoms with Gasteiger partial charge >= 0.3 is 11.9 Å². The van der Waals surface area contributed by atoms with E-state index in [4.69, 9.17) is 15.9 Å². The summed E-state index contributed by atoms with van der Waals surface area (Å²) in [6.07, 6.45) is 1.79. The van der Waals surface area contributed by atoms with Crippen molar-refractivity contribution in [2.45, 2.75) is 37.8 Å². The van der Waals surface area contributed by atoms with E-state index < -0.39 is 29.9 Å². The van der Waals surface area contributed by atoms with Crippen molar-refractivity contribution in [3.8, 4) is 0 Å². The Kier molecular flexibility index (Phi) is 7.37. The monoisotopic (exact) mass is 258 g/mol. The zero-order valence-corrected chi connectivity index (χ0v) is 9.96. The number of nitrogens with one attached hydrogen (secondary N) is 1. The third kappa shape index (κ3) is 6.64. The molecule has 0 bridgehead atoms. The van der Waals surface area contributed by atoms with Gasteiger partial charge in [0.25, 0.3) is 0 Å². The predicted molar refractivity (Wildman–Crippen MR) is 63.8 cm³/mol. The van der Waals surface area contributed by atoms with Crippen molar-refractivity contribution < 1.29 is 24.6 Å². The maximum Gasteiger partial charge on any atom is 0.326 e. The van der Waals surface area contributed by atoms with Crippen molar-refractivity contribution >= 4 is 17.8 Å². The summed E-state index contributed by atoms with van der Waals surface area (Å²) in [4.78, 5) is 32.6. The van der Waals surface area contributed by atoms with Crippen LogP contribution < -0.4 is 11.1 Å². The Morgan fingerprint density at radius 1 is 1.33 bits per heavy atom. The Morgan fingerprint density at radius 3 is 2.39 bits per heavy atom. The van der Waals surface area contributed by atoms with Crippen LogP contribution in [0, 0.1) is 0 Å². The van der Waals surface area contributed by atoms with Crippen molar-refractivity contribution in [3.05, 3.63) is 12.7 Å². The molecular weight excluding hydrogens is 240 g/mol. The molecule has 0 aliphatic rings. The lowest BCUT2D eigenvalue weighted by Gasteiger charge is -2.16. The number of hydrogen-bond acceptors (Lipinski definition) is 4. The minimum atomic E-state index is -1.21. The Bertz CT molecular complexity index is 329. The normalized spacial score (nSPS) is 13.4. The van der Waals surface area contributed by atoms with E-state index in [1.54, 1.807) is 0 Å². The van der Waals surface area contributed by atoms with Crippen molar-refractivity contribution in [3.63, 3.8) is 0 Å². The number of hydrogen-bond donors (Lipinski definition) is 4. The Labute approximate surface area is 105 Å². The summed E-state index contributed by atoms with van der Waals surface area (Å²) in [7, 11) is 0. The highest BCUT2D eigenvalue weighted by Crippen LogP contribution is 2.02. The van der Waals surface area contributed by atoms with Gasteiger partial charge in [0.1, 0.15) is 6.04 Å².